The van der Waals surface area contributed by atoms with Crippen LogP contribution in [0.1, 0.15) is 36.0 Å². The molecule has 3 rings (SSSR count). The van der Waals surface area contributed by atoms with E-state index in [0.29, 0.717) is 23.3 Å². The largest absolute Gasteiger partial charge is 0.496 e. The molecule has 0 aliphatic carbocycles. The van der Waals surface area contributed by atoms with Crippen LogP contribution in [0, 0.1) is 5.92 Å². The highest BCUT2D eigenvalue weighted by Gasteiger charge is 2.31. The summed E-state index contributed by atoms with van der Waals surface area (Å²) in [4.78, 5) is 14.8. The molecule has 1 N–H and O–H groups in total. The fourth-order valence-electron chi connectivity index (χ4n) is 3.63. The summed E-state index contributed by atoms with van der Waals surface area (Å²) < 4.78 is 5.32. The lowest BCUT2D eigenvalue weighted by Crippen LogP contribution is -2.45. The number of hydrogen-bond donors (Lipinski definition) is 1. The Kier molecular flexibility index (Phi) is 4.44. The van der Waals surface area contributed by atoms with Gasteiger partial charge in [0.25, 0.3) is 5.91 Å². The highest BCUT2D eigenvalue weighted by molar-refractivity contribution is 5.97. The average Bonchev–Trinajstić information content (AvgIpc) is 3.09. The number of amides is 1. The number of carbonyl (C=O) groups excluding carboxylic acids is 1. The van der Waals surface area contributed by atoms with Crippen LogP contribution in [-0.4, -0.2) is 43.6 Å². The van der Waals surface area contributed by atoms with Gasteiger partial charge in [-0.25, -0.2) is 0 Å². The zero-order chi connectivity index (χ0) is 14.7. The smallest absolute Gasteiger partial charge is 0.257 e. The molecular formula is C17H24N2O2. The van der Waals surface area contributed by atoms with Crippen molar-refractivity contribution in [2.45, 2.75) is 31.7 Å². The van der Waals surface area contributed by atoms with Crippen molar-refractivity contribution < 1.29 is 9.53 Å². The molecule has 2 saturated heterocycles. The van der Waals surface area contributed by atoms with Gasteiger partial charge in [-0.05, 0) is 50.3 Å². The van der Waals surface area contributed by atoms with Crippen LogP contribution in [-0.2, 0) is 0 Å². The van der Waals surface area contributed by atoms with E-state index in [9.17, 15) is 4.79 Å². The van der Waals surface area contributed by atoms with Crippen molar-refractivity contribution in [3.8, 4) is 5.75 Å². The first-order valence-corrected chi connectivity index (χ1v) is 7.95. The predicted molar refractivity (Wildman–Crippen MR) is 82.6 cm³/mol. The normalized spacial score (nSPS) is 25.9. The van der Waals surface area contributed by atoms with Gasteiger partial charge in [-0.1, -0.05) is 12.1 Å². The average molecular weight is 288 g/mol. The minimum Gasteiger partial charge on any atom is -0.496 e. The third-order valence-corrected chi connectivity index (χ3v) is 4.75. The second kappa shape index (κ2) is 6.48. The third kappa shape index (κ3) is 3.05. The third-order valence-electron chi connectivity index (χ3n) is 4.75. The number of ether oxygens (including phenoxy) is 1. The Morgan fingerprint density at radius 3 is 2.90 bits per heavy atom. The van der Waals surface area contributed by atoms with Gasteiger partial charge in [0.05, 0.1) is 12.7 Å². The molecule has 2 atom stereocenters. The first-order valence-electron chi connectivity index (χ1n) is 7.95. The van der Waals surface area contributed by atoms with E-state index in [1.54, 1.807) is 7.11 Å². The molecule has 2 heterocycles. The Labute approximate surface area is 126 Å². The summed E-state index contributed by atoms with van der Waals surface area (Å²) >= 11 is 0. The van der Waals surface area contributed by atoms with Gasteiger partial charge in [0, 0.05) is 19.1 Å². The van der Waals surface area contributed by atoms with E-state index in [0.717, 1.165) is 26.1 Å². The second-order valence-electron chi connectivity index (χ2n) is 6.06. The van der Waals surface area contributed by atoms with Gasteiger partial charge >= 0.3 is 0 Å². The molecule has 0 bridgehead atoms. The van der Waals surface area contributed by atoms with Gasteiger partial charge < -0.3 is 15.0 Å². The second-order valence-corrected chi connectivity index (χ2v) is 6.06. The van der Waals surface area contributed by atoms with Crippen molar-refractivity contribution in [1.29, 1.82) is 0 Å². The number of nitrogens with zero attached hydrogens (tertiary/aromatic N) is 1. The van der Waals surface area contributed by atoms with Gasteiger partial charge in [0.15, 0.2) is 0 Å². The lowest BCUT2D eigenvalue weighted by Gasteiger charge is -2.36. The molecule has 1 aromatic rings. The van der Waals surface area contributed by atoms with Crippen LogP contribution in [0.2, 0.25) is 0 Å². The number of carbonyl (C=O) groups is 1. The molecule has 2 unspecified atom stereocenters. The quantitative estimate of drug-likeness (QED) is 0.928. The minimum absolute atomic E-state index is 0.107. The van der Waals surface area contributed by atoms with Crippen LogP contribution in [0.15, 0.2) is 24.3 Å². The molecule has 1 amide bonds. The van der Waals surface area contributed by atoms with Gasteiger partial charge in [-0.15, -0.1) is 0 Å². The lowest BCUT2D eigenvalue weighted by molar-refractivity contribution is 0.0648. The number of hydrogen-bond acceptors (Lipinski definition) is 3. The van der Waals surface area contributed by atoms with Gasteiger partial charge in [0.2, 0.25) is 0 Å². The summed E-state index contributed by atoms with van der Waals surface area (Å²) in [6.07, 6.45) is 4.85. The molecule has 1 aromatic carbocycles. The fourth-order valence-corrected chi connectivity index (χ4v) is 3.63. The minimum atomic E-state index is 0.107. The highest BCUT2D eigenvalue weighted by atomic mass is 16.5. The molecule has 0 spiro atoms. The highest BCUT2D eigenvalue weighted by Crippen LogP contribution is 2.27. The molecule has 4 heteroatoms. The SMILES string of the molecule is COc1ccccc1C(=O)N1CCCC(C2CCCN2)C1. The zero-order valence-corrected chi connectivity index (χ0v) is 12.7. The Balaban J connectivity index is 1.71. The van der Waals surface area contributed by atoms with E-state index in [1.165, 1.54) is 19.3 Å². The van der Waals surface area contributed by atoms with Crippen LogP contribution in [0.3, 0.4) is 0 Å². The first kappa shape index (κ1) is 14.4. The summed E-state index contributed by atoms with van der Waals surface area (Å²) in [6, 6.07) is 8.11. The van der Waals surface area contributed by atoms with Gasteiger partial charge in [-0.3, -0.25) is 4.79 Å². The molecule has 0 saturated carbocycles. The summed E-state index contributed by atoms with van der Waals surface area (Å²) in [7, 11) is 1.62. The molecule has 21 heavy (non-hydrogen) atoms. The number of benzene rings is 1. The standard InChI is InChI=1S/C17H24N2O2/c1-21-16-9-3-2-7-14(16)17(20)19-11-5-6-13(12-19)15-8-4-10-18-15/h2-3,7,9,13,15,18H,4-6,8,10-12H2,1H3. The molecule has 0 aromatic heterocycles. The van der Waals surface area contributed by atoms with E-state index >= 15 is 0 Å². The maximum absolute atomic E-state index is 12.8. The Bertz CT molecular complexity index is 497. The van der Waals surface area contributed by atoms with Crippen LogP contribution in [0.5, 0.6) is 5.75 Å². The number of para-hydroxylation sites is 1. The molecule has 2 fully saturated rings. The van der Waals surface area contributed by atoms with Crippen LogP contribution < -0.4 is 10.1 Å². The van der Waals surface area contributed by atoms with E-state index in [4.69, 9.17) is 4.74 Å². The Morgan fingerprint density at radius 2 is 2.14 bits per heavy atom. The molecule has 2 aliphatic heterocycles. The van der Waals surface area contributed by atoms with E-state index in [2.05, 4.69) is 5.32 Å². The van der Waals surface area contributed by atoms with Gasteiger partial charge in [0.1, 0.15) is 5.75 Å². The monoisotopic (exact) mass is 288 g/mol. The van der Waals surface area contributed by atoms with Crippen molar-refractivity contribution >= 4 is 5.91 Å². The van der Waals surface area contributed by atoms with Crippen molar-refractivity contribution in [3.05, 3.63) is 29.8 Å². The number of piperidine rings is 1. The molecule has 114 valence electrons. The number of rotatable bonds is 3. The molecule has 4 nitrogen and oxygen atoms in total. The predicted octanol–water partition coefficient (Wildman–Crippen LogP) is 2.30. The van der Waals surface area contributed by atoms with Crippen LogP contribution in [0.4, 0.5) is 0 Å². The Hall–Kier alpha value is -1.55. The molecule has 0 radical (unpaired) electrons. The summed E-state index contributed by atoms with van der Waals surface area (Å²) in [6.45, 7) is 2.86. The Morgan fingerprint density at radius 1 is 1.29 bits per heavy atom. The maximum Gasteiger partial charge on any atom is 0.257 e. The topological polar surface area (TPSA) is 41.6 Å². The summed E-state index contributed by atoms with van der Waals surface area (Å²) in [5.41, 5.74) is 0.681. The molecular weight excluding hydrogens is 264 g/mol. The first-order chi connectivity index (χ1) is 10.3. The van der Waals surface area contributed by atoms with Crippen molar-refractivity contribution in [2.75, 3.05) is 26.7 Å². The summed E-state index contributed by atoms with van der Waals surface area (Å²) in [5, 5.41) is 3.59. The van der Waals surface area contributed by atoms with E-state index < -0.39 is 0 Å². The summed E-state index contributed by atoms with van der Waals surface area (Å²) in [5.74, 6) is 1.37. The molecule has 2 aliphatic rings. The van der Waals surface area contributed by atoms with Crippen LogP contribution >= 0.6 is 0 Å². The number of methoxy groups -OCH3 is 1. The van der Waals surface area contributed by atoms with E-state index in [1.807, 2.05) is 29.2 Å². The van der Waals surface area contributed by atoms with E-state index in [-0.39, 0.29) is 5.91 Å². The fraction of sp³-hybridized carbons (Fsp3) is 0.588. The van der Waals surface area contributed by atoms with Gasteiger partial charge in [-0.2, -0.15) is 0 Å². The van der Waals surface area contributed by atoms with Crippen molar-refractivity contribution in [3.63, 3.8) is 0 Å². The van der Waals surface area contributed by atoms with Crippen molar-refractivity contribution in [1.82, 2.24) is 10.2 Å². The van der Waals surface area contributed by atoms with Crippen molar-refractivity contribution in [2.24, 2.45) is 5.92 Å². The maximum atomic E-state index is 12.8. The number of likely N-dealkylation sites (tertiary alicyclic amines) is 1. The zero-order valence-electron chi connectivity index (χ0n) is 12.7. The van der Waals surface area contributed by atoms with Crippen LogP contribution in [0.25, 0.3) is 0 Å². The lowest BCUT2D eigenvalue weighted by atomic mass is 9.89. The number of nitrogens with one attached hydrogen (secondary N) is 1.